The van der Waals surface area contributed by atoms with Crippen LogP contribution < -0.4 is 0 Å². The quantitative estimate of drug-likeness (QED) is 0.0791. The van der Waals surface area contributed by atoms with Crippen molar-refractivity contribution in [3.8, 4) is 0 Å². The van der Waals surface area contributed by atoms with Gasteiger partial charge in [-0.2, -0.15) is 0 Å². The summed E-state index contributed by atoms with van der Waals surface area (Å²) in [6, 6.07) is 0. The number of carbonyl (C=O) groups is 2. The van der Waals surface area contributed by atoms with Crippen LogP contribution in [0.15, 0.2) is 12.2 Å². The Kier molecular flexibility index (Phi) is 15.5. The van der Waals surface area contributed by atoms with Crippen molar-refractivity contribution in [3.63, 3.8) is 0 Å². The predicted molar refractivity (Wildman–Crippen MR) is 131 cm³/mol. The molecule has 0 fully saturated rings. The van der Waals surface area contributed by atoms with E-state index in [2.05, 4.69) is 6.92 Å². The average Bonchev–Trinajstić information content (AvgIpc) is 2.70. The van der Waals surface area contributed by atoms with Gasteiger partial charge in [-0.1, -0.05) is 57.6 Å². The highest BCUT2D eigenvalue weighted by Gasteiger charge is 2.48. The third-order valence-corrected chi connectivity index (χ3v) is 5.73. The first-order valence-corrected chi connectivity index (χ1v) is 12.7. The van der Waals surface area contributed by atoms with Gasteiger partial charge >= 0.3 is 11.9 Å². The molecule has 200 valence electrons. The zero-order valence-electron chi connectivity index (χ0n) is 21.6. The van der Waals surface area contributed by atoms with Crippen LogP contribution in [0.3, 0.4) is 0 Å². The summed E-state index contributed by atoms with van der Waals surface area (Å²) in [5.41, 5.74) is -3.28. The fraction of sp³-hybridized carbons (Fsp3) is 0.846. The lowest BCUT2D eigenvalue weighted by Crippen LogP contribution is -2.51. The van der Waals surface area contributed by atoms with Gasteiger partial charge in [-0.05, 0) is 46.5 Å². The van der Waals surface area contributed by atoms with Crippen molar-refractivity contribution in [2.45, 2.75) is 128 Å². The molecular weight excluding hydrogens is 440 g/mol. The highest BCUT2D eigenvalue weighted by Crippen LogP contribution is 2.28. The zero-order chi connectivity index (χ0) is 26.3. The van der Waals surface area contributed by atoms with E-state index in [1.165, 1.54) is 12.5 Å². The van der Waals surface area contributed by atoms with Crippen molar-refractivity contribution >= 4 is 11.9 Å². The molecule has 2 atom stereocenters. The number of carboxylic acids is 1. The Balaban J connectivity index is 4.54. The molecule has 5 N–H and O–H groups in total. The summed E-state index contributed by atoms with van der Waals surface area (Å²) in [6.07, 6.45) is 12.1. The molecule has 0 aliphatic heterocycles. The number of allylic oxidation sites excluding steroid dienone is 1. The van der Waals surface area contributed by atoms with E-state index in [0.29, 0.717) is 25.7 Å². The lowest BCUT2D eigenvalue weighted by Gasteiger charge is -2.32. The monoisotopic (exact) mass is 488 g/mol. The van der Waals surface area contributed by atoms with E-state index in [-0.39, 0.29) is 0 Å². The number of carboxylic acid groups (broad SMARTS) is 1. The van der Waals surface area contributed by atoms with Crippen LogP contribution in [0.25, 0.3) is 0 Å². The van der Waals surface area contributed by atoms with Crippen LogP contribution in [0.2, 0.25) is 0 Å². The van der Waals surface area contributed by atoms with Gasteiger partial charge in [-0.15, -0.1) is 0 Å². The van der Waals surface area contributed by atoms with E-state index < -0.39 is 47.9 Å². The average molecular weight is 489 g/mol. The maximum atomic E-state index is 12.5. The van der Waals surface area contributed by atoms with Crippen molar-refractivity contribution < 1.29 is 39.9 Å². The second-order valence-corrected chi connectivity index (χ2v) is 10.2. The van der Waals surface area contributed by atoms with Gasteiger partial charge in [0.15, 0.2) is 11.4 Å². The second-order valence-electron chi connectivity index (χ2n) is 10.2. The molecule has 8 heteroatoms. The first kappa shape index (κ1) is 32.5. The van der Waals surface area contributed by atoms with Gasteiger partial charge in [-0.3, -0.25) is 4.79 Å². The molecule has 8 nitrogen and oxygen atoms in total. The molecule has 0 aromatic rings. The van der Waals surface area contributed by atoms with Gasteiger partial charge in [0, 0.05) is 25.9 Å². The van der Waals surface area contributed by atoms with Crippen LogP contribution in [-0.4, -0.2) is 61.1 Å². The largest absolute Gasteiger partial charge is 0.481 e. The van der Waals surface area contributed by atoms with E-state index in [1.54, 1.807) is 26.8 Å². The molecule has 0 aliphatic rings. The van der Waals surface area contributed by atoms with Crippen LogP contribution in [0, 0.1) is 5.92 Å². The molecule has 0 unspecified atom stereocenters. The number of ether oxygens (including phenoxy) is 1. The Morgan fingerprint density at radius 1 is 0.853 bits per heavy atom. The smallest absolute Gasteiger partial charge is 0.339 e. The third-order valence-electron chi connectivity index (χ3n) is 5.73. The number of carbonyl (C=O) groups excluding carboxylic acids is 1. The molecule has 34 heavy (non-hydrogen) atoms. The lowest BCUT2D eigenvalue weighted by molar-refractivity contribution is -0.188. The first-order valence-electron chi connectivity index (χ1n) is 12.7. The number of esters is 1. The molecule has 0 rings (SSSR count). The van der Waals surface area contributed by atoms with E-state index in [1.807, 2.05) is 0 Å². The Hall–Kier alpha value is -1.48. The van der Waals surface area contributed by atoms with Crippen molar-refractivity contribution in [1.82, 2.24) is 0 Å². The van der Waals surface area contributed by atoms with Gasteiger partial charge in [0.1, 0.15) is 11.5 Å². The summed E-state index contributed by atoms with van der Waals surface area (Å²) in [5.74, 6) is -5.61. The molecule has 0 spiro atoms. The summed E-state index contributed by atoms with van der Waals surface area (Å²) in [7, 11) is 0. The lowest BCUT2D eigenvalue weighted by atomic mass is 9.83. The van der Waals surface area contributed by atoms with Gasteiger partial charge in [-0.25, -0.2) is 4.79 Å². The molecule has 0 radical (unpaired) electrons. The predicted octanol–water partition coefficient (Wildman–Crippen LogP) is 4.08. The van der Waals surface area contributed by atoms with Gasteiger partial charge in [0.2, 0.25) is 0 Å². The zero-order valence-corrected chi connectivity index (χ0v) is 21.6. The van der Waals surface area contributed by atoms with Crippen molar-refractivity contribution in [2.75, 3.05) is 6.61 Å². The highest BCUT2D eigenvalue weighted by atomic mass is 16.6. The Labute approximate surface area is 205 Å². The standard InChI is InChI=1S/C26H48O8/c1-5-6-7-11-14-17-25(31,32)18-15-12-9-8-10-13-16-21(22(28)29)26(33,19-20-27)23(30)34-24(2,3)4/h13,16,21,27,31-33H,5-12,14-15,17-20H2,1-4H3,(H,28,29)/b16-13+/t21-,26+/m1/s1. The number of aliphatic carboxylic acids is 1. The van der Waals surface area contributed by atoms with Crippen molar-refractivity contribution in [3.05, 3.63) is 12.2 Å². The number of rotatable bonds is 19. The summed E-state index contributed by atoms with van der Waals surface area (Å²) in [4.78, 5) is 24.3. The minimum atomic E-state index is -2.37. The van der Waals surface area contributed by atoms with E-state index in [4.69, 9.17) is 4.74 Å². The second kappa shape index (κ2) is 16.2. The molecule has 0 aliphatic carbocycles. The molecule has 0 saturated carbocycles. The molecule has 0 aromatic heterocycles. The Morgan fingerprint density at radius 3 is 1.85 bits per heavy atom. The molecule has 0 saturated heterocycles. The SMILES string of the molecule is CCCCCCCC(O)(O)CCCCCC/C=C/[C@H](C(=O)O)[C@@](O)(CCO)C(=O)OC(C)(C)C. The molecule has 0 bridgehead atoms. The van der Waals surface area contributed by atoms with Crippen LogP contribution >= 0.6 is 0 Å². The Bertz CT molecular complexity index is 608. The maximum absolute atomic E-state index is 12.5. The van der Waals surface area contributed by atoms with Crippen LogP contribution in [-0.2, 0) is 14.3 Å². The number of unbranched alkanes of at least 4 members (excludes halogenated alkanes) is 8. The van der Waals surface area contributed by atoms with Crippen LogP contribution in [0.1, 0.15) is 111 Å². The highest BCUT2D eigenvalue weighted by molar-refractivity contribution is 5.88. The molecule has 0 heterocycles. The summed E-state index contributed by atoms with van der Waals surface area (Å²) < 4.78 is 5.19. The van der Waals surface area contributed by atoms with Crippen molar-refractivity contribution in [1.29, 1.82) is 0 Å². The Morgan fingerprint density at radius 2 is 1.38 bits per heavy atom. The van der Waals surface area contributed by atoms with Crippen LogP contribution in [0.5, 0.6) is 0 Å². The maximum Gasteiger partial charge on any atom is 0.339 e. The number of hydrogen-bond acceptors (Lipinski definition) is 7. The summed E-state index contributed by atoms with van der Waals surface area (Å²) in [6.45, 7) is 6.41. The normalized spacial score (nSPS) is 15.3. The minimum absolute atomic E-state index is 0.335. The minimum Gasteiger partial charge on any atom is -0.481 e. The number of aliphatic hydroxyl groups is 4. The van der Waals surface area contributed by atoms with E-state index >= 15 is 0 Å². The topological polar surface area (TPSA) is 145 Å². The first-order chi connectivity index (χ1) is 15.8. The van der Waals surface area contributed by atoms with Gasteiger partial charge in [0.05, 0.1) is 0 Å². The number of hydrogen-bond donors (Lipinski definition) is 5. The van der Waals surface area contributed by atoms with E-state index in [9.17, 15) is 35.1 Å². The fourth-order valence-electron chi connectivity index (χ4n) is 3.76. The third kappa shape index (κ3) is 14.0. The molecular formula is C26H48O8. The van der Waals surface area contributed by atoms with E-state index in [0.717, 1.165) is 44.9 Å². The van der Waals surface area contributed by atoms with Gasteiger partial charge < -0.3 is 30.3 Å². The summed E-state index contributed by atoms with van der Waals surface area (Å²) >= 11 is 0. The van der Waals surface area contributed by atoms with Crippen LogP contribution in [0.4, 0.5) is 0 Å². The van der Waals surface area contributed by atoms with Gasteiger partial charge in [0.25, 0.3) is 0 Å². The summed E-state index contributed by atoms with van der Waals surface area (Å²) in [5, 5.41) is 49.8. The van der Waals surface area contributed by atoms with Crippen molar-refractivity contribution in [2.24, 2.45) is 5.92 Å². The number of aliphatic hydroxyl groups excluding tert-OH is 1. The molecule has 0 aromatic carbocycles. The molecule has 0 amide bonds. The fourth-order valence-corrected chi connectivity index (χ4v) is 3.76.